The highest BCUT2D eigenvalue weighted by molar-refractivity contribution is 7.17. The number of amides is 1. The Morgan fingerprint density at radius 3 is 2.67 bits per heavy atom. The Bertz CT molecular complexity index is 435. The van der Waals surface area contributed by atoms with Crippen molar-refractivity contribution in [3.63, 3.8) is 0 Å². The Morgan fingerprint density at radius 2 is 2.17 bits per heavy atom. The molecular weight excluding hydrogens is 246 g/mol. The molecule has 0 unspecified atom stereocenters. The molecule has 0 atom stereocenters. The summed E-state index contributed by atoms with van der Waals surface area (Å²) in [4.78, 5) is 16.8. The van der Waals surface area contributed by atoms with E-state index in [-0.39, 0.29) is 5.91 Å². The van der Waals surface area contributed by atoms with E-state index in [1.165, 1.54) is 37.0 Å². The van der Waals surface area contributed by atoms with Gasteiger partial charge in [-0.3, -0.25) is 4.79 Å². The lowest BCUT2D eigenvalue weighted by molar-refractivity contribution is 0.0932. The number of nitrogen functional groups attached to an aromatic ring is 1. The van der Waals surface area contributed by atoms with Gasteiger partial charge in [0.1, 0.15) is 4.88 Å². The first-order valence-corrected chi connectivity index (χ1v) is 7.39. The first-order valence-electron chi connectivity index (χ1n) is 6.57. The molecule has 1 aromatic rings. The minimum atomic E-state index is -0.0265. The Labute approximate surface area is 112 Å². The number of hydrogen-bond donors (Lipinski definition) is 2. The van der Waals surface area contributed by atoms with Gasteiger partial charge in [0.15, 0.2) is 5.13 Å². The van der Waals surface area contributed by atoms with Gasteiger partial charge in [0, 0.05) is 6.54 Å². The summed E-state index contributed by atoms with van der Waals surface area (Å²) in [5.41, 5.74) is 6.66. The van der Waals surface area contributed by atoms with E-state index in [0.717, 1.165) is 18.7 Å². The zero-order valence-electron chi connectivity index (χ0n) is 11.1. The molecule has 1 amide bonds. The smallest absolute Gasteiger partial charge is 0.263 e. The second-order valence-electron chi connectivity index (χ2n) is 5.21. The molecule has 18 heavy (non-hydrogen) atoms. The SMILES string of the molecule is CCC1(CNC(=O)c2sc(N)nc2C)CCCC1. The van der Waals surface area contributed by atoms with E-state index < -0.39 is 0 Å². The molecule has 0 radical (unpaired) electrons. The van der Waals surface area contributed by atoms with E-state index in [9.17, 15) is 4.79 Å². The number of hydrogen-bond acceptors (Lipinski definition) is 4. The zero-order chi connectivity index (χ0) is 13.2. The van der Waals surface area contributed by atoms with E-state index in [0.29, 0.717) is 15.4 Å². The summed E-state index contributed by atoms with van der Waals surface area (Å²) in [5, 5.41) is 3.52. The third-order valence-corrected chi connectivity index (χ3v) is 5.04. The van der Waals surface area contributed by atoms with Gasteiger partial charge in [-0.25, -0.2) is 4.98 Å². The second-order valence-corrected chi connectivity index (χ2v) is 6.24. The quantitative estimate of drug-likeness (QED) is 0.881. The van der Waals surface area contributed by atoms with Crippen LogP contribution >= 0.6 is 11.3 Å². The van der Waals surface area contributed by atoms with Crippen LogP contribution in [0.1, 0.15) is 54.4 Å². The van der Waals surface area contributed by atoms with Gasteiger partial charge < -0.3 is 11.1 Å². The van der Waals surface area contributed by atoms with Gasteiger partial charge in [-0.05, 0) is 31.6 Å². The molecule has 1 saturated carbocycles. The van der Waals surface area contributed by atoms with Gasteiger partial charge in [-0.15, -0.1) is 0 Å². The Morgan fingerprint density at radius 1 is 1.50 bits per heavy atom. The number of carbonyl (C=O) groups is 1. The normalized spacial score (nSPS) is 17.9. The van der Waals surface area contributed by atoms with E-state index >= 15 is 0 Å². The Kier molecular flexibility index (Phi) is 3.90. The van der Waals surface area contributed by atoms with Gasteiger partial charge >= 0.3 is 0 Å². The lowest BCUT2D eigenvalue weighted by atomic mass is 9.83. The molecule has 1 aromatic heterocycles. The molecule has 1 heterocycles. The largest absolute Gasteiger partial charge is 0.375 e. The van der Waals surface area contributed by atoms with Crippen molar-refractivity contribution >= 4 is 22.4 Å². The van der Waals surface area contributed by atoms with Gasteiger partial charge in [0.2, 0.25) is 0 Å². The molecule has 0 saturated heterocycles. The van der Waals surface area contributed by atoms with Crippen molar-refractivity contribution < 1.29 is 4.79 Å². The molecule has 2 rings (SSSR count). The number of rotatable bonds is 4. The fraction of sp³-hybridized carbons (Fsp3) is 0.692. The third-order valence-electron chi connectivity index (χ3n) is 4.06. The van der Waals surface area contributed by atoms with Crippen LogP contribution < -0.4 is 11.1 Å². The molecule has 0 aliphatic heterocycles. The molecule has 1 fully saturated rings. The molecule has 4 nitrogen and oxygen atoms in total. The van der Waals surface area contributed by atoms with Gasteiger partial charge in [0.05, 0.1) is 5.69 Å². The van der Waals surface area contributed by atoms with Crippen LogP contribution in [0.4, 0.5) is 5.13 Å². The first kappa shape index (κ1) is 13.3. The van der Waals surface area contributed by atoms with Crippen LogP contribution in [0.25, 0.3) is 0 Å². The average Bonchev–Trinajstić information content (AvgIpc) is 2.94. The fourth-order valence-corrected chi connectivity index (χ4v) is 3.51. The summed E-state index contributed by atoms with van der Waals surface area (Å²) >= 11 is 1.27. The zero-order valence-corrected chi connectivity index (χ0v) is 11.9. The highest BCUT2D eigenvalue weighted by atomic mass is 32.1. The molecule has 3 N–H and O–H groups in total. The van der Waals surface area contributed by atoms with Crippen LogP contribution in [0.3, 0.4) is 0 Å². The molecule has 1 aliphatic rings. The topological polar surface area (TPSA) is 68.0 Å². The standard InChI is InChI=1S/C13H21N3OS/c1-3-13(6-4-5-7-13)8-15-11(17)10-9(2)16-12(14)18-10/h3-8H2,1-2H3,(H2,14,16)(H,15,17). The van der Waals surface area contributed by atoms with Crippen LogP contribution in [-0.2, 0) is 0 Å². The van der Waals surface area contributed by atoms with E-state index in [2.05, 4.69) is 17.2 Å². The minimum Gasteiger partial charge on any atom is -0.375 e. The number of thiazole rings is 1. The van der Waals surface area contributed by atoms with E-state index in [1.54, 1.807) is 0 Å². The van der Waals surface area contributed by atoms with E-state index in [1.807, 2.05) is 6.92 Å². The van der Waals surface area contributed by atoms with Crippen LogP contribution in [-0.4, -0.2) is 17.4 Å². The summed E-state index contributed by atoms with van der Waals surface area (Å²) in [7, 11) is 0. The van der Waals surface area contributed by atoms with Gasteiger partial charge in [-0.2, -0.15) is 0 Å². The number of nitrogens with zero attached hydrogens (tertiary/aromatic N) is 1. The van der Waals surface area contributed by atoms with Crippen molar-refractivity contribution in [3.05, 3.63) is 10.6 Å². The van der Waals surface area contributed by atoms with Crippen molar-refractivity contribution in [3.8, 4) is 0 Å². The first-order chi connectivity index (χ1) is 8.56. The predicted molar refractivity (Wildman–Crippen MR) is 74.8 cm³/mol. The average molecular weight is 267 g/mol. The van der Waals surface area contributed by atoms with Crippen molar-refractivity contribution in [2.75, 3.05) is 12.3 Å². The maximum Gasteiger partial charge on any atom is 0.263 e. The fourth-order valence-electron chi connectivity index (χ4n) is 2.76. The lowest BCUT2D eigenvalue weighted by Crippen LogP contribution is -2.35. The maximum atomic E-state index is 12.1. The highest BCUT2D eigenvalue weighted by Gasteiger charge is 2.32. The number of nitrogens with one attached hydrogen (secondary N) is 1. The Hall–Kier alpha value is -1.10. The number of anilines is 1. The third kappa shape index (κ3) is 2.66. The molecule has 100 valence electrons. The maximum absolute atomic E-state index is 12.1. The van der Waals surface area contributed by atoms with Crippen LogP contribution in [0.15, 0.2) is 0 Å². The molecule has 5 heteroatoms. The molecule has 0 spiro atoms. The number of aryl methyl sites for hydroxylation is 1. The summed E-state index contributed by atoms with van der Waals surface area (Å²) in [6.45, 7) is 4.82. The second kappa shape index (κ2) is 5.26. The van der Waals surface area contributed by atoms with Crippen molar-refractivity contribution in [2.24, 2.45) is 5.41 Å². The predicted octanol–water partition coefficient (Wildman–Crippen LogP) is 2.73. The van der Waals surface area contributed by atoms with Crippen LogP contribution in [0, 0.1) is 12.3 Å². The van der Waals surface area contributed by atoms with Crippen molar-refractivity contribution in [1.82, 2.24) is 10.3 Å². The molecule has 0 aromatic carbocycles. The summed E-state index contributed by atoms with van der Waals surface area (Å²) in [5.74, 6) is -0.0265. The lowest BCUT2D eigenvalue weighted by Gasteiger charge is -2.27. The monoisotopic (exact) mass is 267 g/mol. The summed E-state index contributed by atoms with van der Waals surface area (Å²) in [6, 6.07) is 0. The van der Waals surface area contributed by atoms with Crippen LogP contribution in [0.5, 0.6) is 0 Å². The number of nitrogens with two attached hydrogens (primary N) is 1. The van der Waals surface area contributed by atoms with Gasteiger partial charge in [-0.1, -0.05) is 31.1 Å². The van der Waals surface area contributed by atoms with Gasteiger partial charge in [0.25, 0.3) is 5.91 Å². The van der Waals surface area contributed by atoms with Crippen LogP contribution in [0.2, 0.25) is 0 Å². The summed E-state index contributed by atoms with van der Waals surface area (Å²) in [6.07, 6.45) is 6.17. The molecular formula is C13H21N3OS. The van der Waals surface area contributed by atoms with Crippen molar-refractivity contribution in [2.45, 2.75) is 46.0 Å². The van der Waals surface area contributed by atoms with E-state index in [4.69, 9.17) is 5.73 Å². The minimum absolute atomic E-state index is 0.0265. The molecule has 1 aliphatic carbocycles. The molecule has 0 bridgehead atoms. The summed E-state index contributed by atoms with van der Waals surface area (Å²) < 4.78 is 0. The number of carbonyl (C=O) groups excluding carboxylic acids is 1. The Balaban J connectivity index is 1.98. The highest BCUT2D eigenvalue weighted by Crippen LogP contribution is 2.40. The van der Waals surface area contributed by atoms with Crippen molar-refractivity contribution in [1.29, 1.82) is 0 Å². The number of aromatic nitrogens is 1.